The van der Waals surface area contributed by atoms with E-state index in [1.54, 1.807) is 0 Å². The largest absolute Gasteiger partial charge is 0.311 e. The lowest BCUT2D eigenvalue weighted by Crippen LogP contribution is -2.49. The van der Waals surface area contributed by atoms with Crippen LogP contribution in [0.1, 0.15) is 88.8 Å². The summed E-state index contributed by atoms with van der Waals surface area (Å²) in [7, 11) is 0. The van der Waals surface area contributed by atoms with Crippen LogP contribution in [0, 0.1) is 17.8 Å². The zero-order chi connectivity index (χ0) is 14.7. The summed E-state index contributed by atoms with van der Waals surface area (Å²) in [5, 5.41) is 9.52. The summed E-state index contributed by atoms with van der Waals surface area (Å²) in [6.45, 7) is 2.28. The Morgan fingerprint density at radius 1 is 1.00 bits per heavy atom. The molecule has 5 aliphatic carbocycles. The second-order valence-electron chi connectivity index (χ2n) is 8.84. The molecule has 1 aromatic heterocycles. The first-order chi connectivity index (χ1) is 10.8. The van der Waals surface area contributed by atoms with E-state index in [-0.39, 0.29) is 0 Å². The maximum Gasteiger partial charge on any atom is 0.139 e. The highest BCUT2D eigenvalue weighted by atomic mass is 15.3. The Morgan fingerprint density at radius 3 is 2.18 bits per heavy atom. The van der Waals surface area contributed by atoms with Gasteiger partial charge in [-0.1, -0.05) is 13.3 Å². The standard InChI is InChI=1S/C19H29N3/c1-2-3-4-17-20-21-18(22(17)16-5-6-16)19-10-13-7-14(11-19)9-15(8-13)12-19/h13-16H,2-12H2,1H3. The Bertz CT molecular complexity index is 534. The molecule has 3 nitrogen and oxygen atoms in total. The molecule has 0 amide bonds. The Hall–Kier alpha value is -0.860. The second-order valence-corrected chi connectivity index (χ2v) is 8.84. The van der Waals surface area contributed by atoms with Crippen LogP contribution in [0.4, 0.5) is 0 Å². The summed E-state index contributed by atoms with van der Waals surface area (Å²) in [4.78, 5) is 0. The molecule has 0 aromatic carbocycles. The van der Waals surface area contributed by atoms with E-state index in [2.05, 4.69) is 16.6 Å². The number of nitrogens with zero attached hydrogens (tertiary/aromatic N) is 3. The van der Waals surface area contributed by atoms with Crippen LogP contribution in [0.2, 0.25) is 0 Å². The first kappa shape index (κ1) is 13.6. The number of unbranched alkanes of at least 4 members (excludes halogenated alkanes) is 1. The lowest BCUT2D eigenvalue weighted by atomic mass is 9.49. The van der Waals surface area contributed by atoms with Crippen molar-refractivity contribution in [1.82, 2.24) is 14.8 Å². The van der Waals surface area contributed by atoms with Gasteiger partial charge >= 0.3 is 0 Å². The first-order valence-electron chi connectivity index (χ1n) is 9.71. The highest BCUT2D eigenvalue weighted by molar-refractivity contribution is 5.20. The molecule has 0 radical (unpaired) electrons. The lowest BCUT2D eigenvalue weighted by Gasteiger charge is -2.56. The minimum atomic E-state index is 0.412. The Morgan fingerprint density at radius 2 is 1.64 bits per heavy atom. The zero-order valence-corrected chi connectivity index (χ0v) is 13.9. The predicted molar refractivity (Wildman–Crippen MR) is 86.8 cm³/mol. The summed E-state index contributed by atoms with van der Waals surface area (Å²) >= 11 is 0. The molecule has 0 spiro atoms. The van der Waals surface area contributed by atoms with Crippen molar-refractivity contribution in [3.05, 3.63) is 11.6 Å². The lowest BCUT2D eigenvalue weighted by molar-refractivity contribution is -0.0112. The minimum Gasteiger partial charge on any atom is -0.311 e. The second kappa shape index (κ2) is 4.82. The molecule has 0 aliphatic heterocycles. The van der Waals surface area contributed by atoms with Crippen LogP contribution in [-0.4, -0.2) is 14.8 Å². The van der Waals surface area contributed by atoms with Gasteiger partial charge in [-0.2, -0.15) is 0 Å². The number of rotatable bonds is 5. The Labute approximate surface area is 133 Å². The van der Waals surface area contributed by atoms with Crippen LogP contribution in [0.25, 0.3) is 0 Å². The molecule has 3 heteroatoms. The third kappa shape index (κ3) is 2.00. The van der Waals surface area contributed by atoms with Gasteiger partial charge in [0.2, 0.25) is 0 Å². The first-order valence-corrected chi connectivity index (χ1v) is 9.71. The van der Waals surface area contributed by atoms with E-state index in [4.69, 9.17) is 5.10 Å². The smallest absolute Gasteiger partial charge is 0.139 e. The van der Waals surface area contributed by atoms with Crippen LogP contribution in [0.15, 0.2) is 0 Å². The van der Waals surface area contributed by atoms with Gasteiger partial charge in [0.15, 0.2) is 0 Å². The van der Waals surface area contributed by atoms with Crippen molar-refractivity contribution in [3.8, 4) is 0 Å². The van der Waals surface area contributed by atoms with Gasteiger partial charge in [-0.15, -0.1) is 10.2 Å². The third-order valence-corrected chi connectivity index (χ3v) is 6.94. The normalized spacial score (nSPS) is 39.6. The summed E-state index contributed by atoms with van der Waals surface area (Å²) in [5.74, 6) is 5.70. The molecule has 120 valence electrons. The molecule has 0 unspecified atom stereocenters. The monoisotopic (exact) mass is 299 g/mol. The fourth-order valence-corrected chi connectivity index (χ4v) is 6.29. The summed E-state index contributed by atoms with van der Waals surface area (Å²) in [6, 6.07) is 0.741. The third-order valence-electron chi connectivity index (χ3n) is 6.94. The Kier molecular flexibility index (Phi) is 2.97. The molecule has 0 saturated heterocycles. The van der Waals surface area contributed by atoms with Gasteiger partial charge < -0.3 is 4.57 Å². The van der Waals surface area contributed by atoms with Crippen molar-refractivity contribution < 1.29 is 0 Å². The average Bonchev–Trinajstić information content (AvgIpc) is 3.23. The molecule has 1 aromatic rings. The maximum atomic E-state index is 4.83. The van der Waals surface area contributed by atoms with Crippen LogP contribution in [-0.2, 0) is 11.8 Å². The number of aromatic nitrogens is 3. The number of aryl methyl sites for hydroxylation is 1. The maximum absolute atomic E-state index is 4.83. The van der Waals surface area contributed by atoms with E-state index < -0.39 is 0 Å². The van der Waals surface area contributed by atoms with E-state index in [1.165, 1.54) is 75.9 Å². The average molecular weight is 299 g/mol. The molecular formula is C19H29N3. The van der Waals surface area contributed by atoms with E-state index >= 15 is 0 Å². The fraction of sp³-hybridized carbons (Fsp3) is 0.895. The number of hydrogen-bond acceptors (Lipinski definition) is 2. The molecule has 0 atom stereocenters. The zero-order valence-electron chi connectivity index (χ0n) is 13.9. The van der Waals surface area contributed by atoms with Gasteiger partial charge in [0, 0.05) is 17.9 Å². The van der Waals surface area contributed by atoms with Crippen LogP contribution >= 0.6 is 0 Å². The van der Waals surface area contributed by atoms with Crippen molar-refractivity contribution in [2.45, 2.75) is 89.0 Å². The van der Waals surface area contributed by atoms with Crippen molar-refractivity contribution in [2.24, 2.45) is 17.8 Å². The van der Waals surface area contributed by atoms with Gasteiger partial charge in [0.1, 0.15) is 11.6 Å². The number of hydrogen-bond donors (Lipinski definition) is 0. The van der Waals surface area contributed by atoms with Crippen molar-refractivity contribution in [2.75, 3.05) is 0 Å². The SMILES string of the molecule is CCCCc1nnc(C23CC4CC(CC(C4)C2)C3)n1C1CC1. The van der Waals surface area contributed by atoms with Crippen LogP contribution < -0.4 is 0 Å². The van der Waals surface area contributed by atoms with Gasteiger partial charge in [-0.05, 0) is 75.5 Å². The minimum absolute atomic E-state index is 0.412. The van der Waals surface area contributed by atoms with Crippen molar-refractivity contribution >= 4 is 0 Å². The molecule has 0 N–H and O–H groups in total. The van der Waals surface area contributed by atoms with E-state index in [0.717, 1.165) is 30.2 Å². The molecule has 5 aliphatic rings. The van der Waals surface area contributed by atoms with Crippen LogP contribution in [0.5, 0.6) is 0 Å². The molecule has 22 heavy (non-hydrogen) atoms. The van der Waals surface area contributed by atoms with Gasteiger partial charge in [-0.3, -0.25) is 0 Å². The fourth-order valence-electron chi connectivity index (χ4n) is 6.29. The van der Waals surface area contributed by atoms with Gasteiger partial charge in [0.25, 0.3) is 0 Å². The summed E-state index contributed by atoms with van der Waals surface area (Å²) in [6.07, 6.45) is 15.1. The summed E-state index contributed by atoms with van der Waals surface area (Å²) < 4.78 is 2.63. The van der Waals surface area contributed by atoms with E-state index in [1.807, 2.05) is 0 Å². The predicted octanol–water partition coefficient (Wildman–Crippen LogP) is 4.42. The molecule has 5 fully saturated rings. The van der Waals surface area contributed by atoms with Crippen molar-refractivity contribution in [3.63, 3.8) is 0 Å². The highest BCUT2D eigenvalue weighted by Gasteiger charge is 2.54. The van der Waals surface area contributed by atoms with E-state index in [0.29, 0.717) is 5.41 Å². The van der Waals surface area contributed by atoms with Gasteiger partial charge in [0.05, 0.1) is 0 Å². The molecule has 6 rings (SSSR count). The van der Waals surface area contributed by atoms with E-state index in [9.17, 15) is 0 Å². The molecule has 5 saturated carbocycles. The molecule has 1 heterocycles. The van der Waals surface area contributed by atoms with Crippen molar-refractivity contribution in [1.29, 1.82) is 0 Å². The van der Waals surface area contributed by atoms with Crippen LogP contribution in [0.3, 0.4) is 0 Å². The quantitative estimate of drug-likeness (QED) is 0.805. The Balaban J connectivity index is 1.53. The highest BCUT2D eigenvalue weighted by Crippen LogP contribution is 2.61. The molecule has 4 bridgehead atoms. The topological polar surface area (TPSA) is 30.7 Å². The summed E-state index contributed by atoms with van der Waals surface area (Å²) in [5.41, 5.74) is 0.412. The van der Waals surface area contributed by atoms with Gasteiger partial charge in [-0.25, -0.2) is 0 Å². The molecular weight excluding hydrogens is 270 g/mol.